The van der Waals surface area contributed by atoms with E-state index in [0.29, 0.717) is 30.0 Å². The minimum absolute atomic E-state index is 0.0439. The van der Waals surface area contributed by atoms with Crippen LogP contribution in [0.3, 0.4) is 0 Å². The first-order valence-electron chi connectivity index (χ1n) is 10.8. The highest BCUT2D eigenvalue weighted by Gasteiger charge is 2.33. The van der Waals surface area contributed by atoms with Gasteiger partial charge in [0.25, 0.3) is 11.8 Å². The van der Waals surface area contributed by atoms with Crippen molar-refractivity contribution in [1.82, 2.24) is 14.8 Å². The van der Waals surface area contributed by atoms with Gasteiger partial charge in [-0.1, -0.05) is 13.0 Å². The summed E-state index contributed by atoms with van der Waals surface area (Å²) in [6, 6.07) is 9.07. The number of hydrogen-bond donors (Lipinski definition) is 0. The highest BCUT2D eigenvalue weighted by Crippen LogP contribution is 2.30. The molecule has 8 heteroatoms. The van der Waals surface area contributed by atoms with Gasteiger partial charge in [-0.25, -0.2) is 4.98 Å². The standard InChI is InChI=1S/C24H26N6O2/c1-4-28-9-11-29(12-10-28)23(31)19-6-8-22(26-14-19)30-24(32)21(15-27-30)20-7-5-18(13-25)16(2)17(20)3/h5-8,14-15,21H,4,9-12H2,1-3H3. The van der Waals surface area contributed by atoms with Crippen molar-refractivity contribution >= 4 is 23.8 Å². The molecule has 1 saturated heterocycles. The summed E-state index contributed by atoms with van der Waals surface area (Å²) in [4.78, 5) is 34.4. The Hall–Kier alpha value is -3.57. The Labute approximate surface area is 187 Å². The largest absolute Gasteiger partial charge is 0.336 e. The van der Waals surface area contributed by atoms with E-state index in [1.807, 2.05) is 24.8 Å². The first-order chi connectivity index (χ1) is 15.4. The highest BCUT2D eigenvalue weighted by molar-refractivity contribution is 6.12. The molecule has 0 N–H and O–H groups in total. The number of hydrazone groups is 1. The van der Waals surface area contributed by atoms with Crippen LogP contribution in [0.15, 0.2) is 35.6 Å². The van der Waals surface area contributed by atoms with Gasteiger partial charge in [0.2, 0.25) is 0 Å². The van der Waals surface area contributed by atoms with E-state index in [1.165, 1.54) is 11.2 Å². The Morgan fingerprint density at radius 3 is 2.50 bits per heavy atom. The molecule has 1 unspecified atom stereocenters. The number of piperazine rings is 1. The van der Waals surface area contributed by atoms with Crippen LogP contribution in [0, 0.1) is 25.2 Å². The molecule has 164 valence electrons. The third-order valence-electron chi connectivity index (χ3n) is 6.41. The molecule has 0 aliphatic carbocycles. The molecule has 8 nitrogen and oxygen atoms in total. The van der Waals surface area contributed by atoms with Gasteiger partial charge in [-0.05, 0) is 55.3 Å². The Morgan fingerprint density at radius 1 is 1.12 bits per heavy atom. The quantitative estimate of drug-likeness (QED) is 0.743. The van der Waals surface area contributed by atoms with Gasteiger partial charge in [-0.2, -0.15) is 15.4 Å². The topological polar surface area (TPSA) is 92.9 Å². The fraction of sp³-hybridized carbons (Fsp3) is 0.375. The number of hydrogen-bond acceptors (Lipinski definition) is 6. The predicted octanol–water partition coefficient (Wildman–Crippen LogP) is 2.46. The van der Waals surface area contributed by atoms with E-state index in [0.717, 1.165) is 36.3 Å². The van der Waals surface area contributed by atoms with Crippen LogP contribution in [0.1, 0.15) is 45.5 Å². The van der Waals surface area contributed by atoms with Crippen LogP contribution in [0.4, 0.5) is 5.82 Å². The lowest BCUT2D eigenvalue weighted by atomic mass is 9.90. The smallest absolute Gasteiger partial charge is 0.261 e. The number of carbonyl (C=O) groups excluding carboxylic acids is 2. The Balaban J connectivity index is 1.47. The molecular weight excluding hydrogens is 404 g/mol. The van der Waals surface area contributed by atoms with E-state index in [1.54, 1.807) is 24.4 Å². The zero-order valence-corrected chi connectivity index (χ0v) is 18.6. The number of amides is 2. The Bertz CT molecular complexity index is 1110. The van der Waals surface area contributed by atoms with Crippen molar-refractivity contribution < 1.29 is 9.59 Å². The number of nitriles is 1. The molecule has 2 aromatic rings. The molecule has 1 aromatic heterocycles. The number of aromatic nitrogens is 1. The maximum Gasteiger partial charge on any atom is 0.261 e. The molecule has 0 spiro atoms. The summed E-state index contributed by atoms with van der Waals surface area (Å²) in [5.41, 5.74) is 3.71. The third-order valence-corrected chi connectivity index (χ3v) is 6.41. The maximum absolute atomic E-state index is 13.1. The lowest BCUT2D eigenvalue weighted by Gasteiger charge is -2.34. The van der Waals surface area contributed by atoms with E-state index in [9.17, 15) is 14.9 Å². The first kappa shape index (κ1) is 21.7. The average Bonchev–Trinajstić information content (AvgIpc) is 3.21. The molecule has 0 radical (unpaired) electrons. The summed E-state index contributed by atoms with van der Waals surface area (Å²) in [5, 5.41) is 14.8. The predicted molar refractivity (Wildman–Crippen MR) is 122 cm³/mol. The third kappa shape index (κ3) is 3.87. The summed E-state index contributed by atoms with van der Waals surface area (Å²) in [5.74, 6) is -0.402. The number of nitrogens with zero attached hydrogens (tertiary/aromatic N) is 6. The van der Waals surface area contributed by atoms with Crippen LogP contribution >= 0.6 is 0 Å². The average molecular weight is 431 g/mol. The molecule has 32 heavy (non-hydrogen) atoms. The summed E-state index contributed by atoms with van der Waals surface area (Å²) < 4.78 is 0. The number of benzene rings is 1. The molecule has 1 aromatic carbocycles. The number of rotatable bonds is 4. The van der Waals surface area contributed by atoms with Gasteiger partial charge >= 0.3 is 0 Å². The second-order valence-corrected chi connectivity index (χ2v) is 8.09. The molecule has 3 heterocycles. The molecule has 0 bridgehead atoms. The van der Waals surface area contributed by atoms with Gasteiger partial charge in [0, 0.05) is 38.6 Å². The fourth-order valence-electron chi connectivity index (χ4n) is 4.16. The summed E-state index contributed by atoms with van der Waals surface area (Å²) in [6.07, 6.45) is 3.11. The molecule has 1 atom stereocenters. The van der Waals surface area contributed by atoms with Crippen LogP contribution < -0.4 is 5.01 Å². The van der Waals surface area contributed by atoms with Crippen molar-refractivity contribution in [2.45, 2.75) is 26.7 Å². The number of anilines is 1. The zero-order chi connectivity index (χ0) is 22.8. The van der Waals surface area contributed by atoms with Crippen LogP contribution in [0.25, 0.3) is 0 Å². The van der Waals surface area contributed by atoms with Crippen molar-refractivity contribution in [2.75, 3.05) is 37.7 Å². The maximum atomic E-state index is 13.1. The molecule has 2 aliphatic heterocycles. The van der Waals surface area contributed by atoms with Crippen molar-refractivity contribution in [2.24, 2.45) is 5.10 Å². The normalized spacial score (nSPS) is 18.8. The number of carbonyl (C=O) groups is 2. The van der Waals surface area contributed by atoms with Crippen LogP contribution in [-0.4, -0.2) is 65.5 Å². The van der Waals surface area contributed by atoms with Gasteiger partial charge in [0.15, 0.2) is 5.82 Å². The highest BCUT2D eigenvalue weighted by atomic mass is 16.2. The minimum atomic E-state index is -0.528. The zero-order valence-electron chi connectivity index (χ0n) is 18.6. The lowest BCUT2D eigenvalue weighted by molar-refractivity contribution is -0.118. The molecule has 1 fully saturated rings. The van der Waals surface area contributed by atoms with E-state index in [2.05, 4.69) is 28.0 Å². The Kier molecular flexibility index (Phi) is 6.01. The molecule has 4 rings (SSSR count). The van der Waals surface area contributed by atoms with Gasteiger partial charge in [-0.15, -0.1) is 0 Å². The van der Waals surface area contributed by atoms with Gasteiger partial charge < -0.3 is 9.80 Å². The second-order valence-electron chi connectivity index (χ2n) is 8.09. The van der Waals surface area contributed by atoms with Gasteiger partial charge in [-0.3, -0.25) is 9.59 Å². The summed E-state index contributed by atoms with van der Waals surface area (Å²) in [6.45, 7) is 10.1. The Morgan fingerprint density at radius 2 is 1.88 bits per heavy atom. The number of pyridine rings is 1. The monoisotopic (exact) mass is 430 g/mol. The molecule has 2 amide bonds. The van der Waals surface area contributed by atoms with Crippen molar-refractivity contribution in [3.05, 3.63) is 58.3 Å². The van der Waals surface area contributed by atoms with E-state index in [-0.39, 0.29) is 11.8 Å². The molecule has 2 aliphatic rings. The second kappa shape index (κ2) is 8.89. The summed E-state index contributed by atoms with van der Waals surface area (Å²) >= 11 is 0. The molecular formula is C24H26N6O2. The van der Waals surface area contributed by atoms with Crippen LogP contribution in [0.5, 0.6) is 0 Å². The number of likely N-dealkylation sites (N-methyl/N-ethyl adjacent to an activating group) is 1. The van der Waals surface area contributed by atoms with E-state index < -0.39 is 5.92 Å². The SMILES string of the molecule is CCN1CCN(C(=O)c2ccc(N3N=CC(c4ccc(C#N)c(C)c4C)C3=O)nc2)CC1. The first-order valence-corrected chi connectivity index (χ1v) is 10.8. The lowest BCUT2D eigenvalue weighted by Crippen LogP contribution is -2.48. The van der Waals surface area contributed by atoms with Gasteiger partial charge in [0.1, 0.15) is 5.92 Å². The fourth-order valence-corrected chi connectivity index (χ4v) is 4.16. The summed E-state index contributed by atoms with van der Waals surface area (Å²) in [7, 11) is 0. The van der Waals surface area contributed by atoms with Crippen molar-refractivity contribution in [3.63, 3.8) is 0 Å². The molecule has 0 saturated carbocycles. The van der Waals surface area contributed by atoms with E-state index >= 15 is 0 Å². The van der Waals surface area contributed by atoms with Crippen LogP contribution in [0.2, 0.25) is 0 Å². The van der Waals surface area contributed by atoms with Crippen LogP contribution in [-0.2, 0) is 4.79 Å². The van der Waals surface area contributed by atoms with Gasteiger partial charge in [0.05, 0.1) is 17.2 Å². The van der Waals surface area contributed by atoms with Crippen molar-refractivity contribution in [3.8, 4) is 6.07 Å². The minimum Gasteiger partial charge on any atom is -0.336 e. The van der Waals surface area contributed by atoms with E-state index in [4.69, 9.17) is 0 Å². The van der Waals surface area contributed by atoms with Crippen molar-refractivity contribution in [1.29, 1.82) is 5.26 Å².